The Morgan fingerprint density at radius 2 is 1.76 bits per heavy atom. The van der Waals surface area contributed by atoms with Crippen molar-refractivity contribution in [2.75, 3.05) is 18.8 Å². The Balaban J connectivity index is 0. The first-order valence-electron chi connectivity index (χ1n) is 5.81. The van der Waals surface area contributed by atoms with Crippen LogP contribution in [0.3, 0.4) is 0 Å². The second kappa shape index (κ2) is 12.3. The fraction of sp³-hybridized carbons (Fsp3) is 0.700. The van der Waals surface area contributed by atoms with Crippen LogP contribution in [0.4, 0.5) is 0 Å². The Kier molecular flexibility index (Phi) is 12.9. The maximum Gasteiger partial charge on any atom is 0.321 e. The minimum atomic E-state index is -1.00. The predicted molar refractivity (Wildman–Crippen MR) is 76.2 cm³/mol. The highest BCUT2D eigenvalue weighted by Crippen LogP contribution is 2.05. The fourth-order valence-electron chi connectivity index (χ4n) is 0.983. The van der Waals surface area contributed by atoms with Crippen LogP contribution >= 0.6 is 12.6 Å². The van der Waals surface area contributed by atoms with Crippen LogP contribution in [0.15, 0.2) is 0 Å². The standard InChI is InChI=1S/C5H9NO3.C3H7NO2S.C2H5NO2/c7-3-1-4(5(8)9)6-2-3;4-2(1-7)3(5)6;3-1-2(4)5/h3-4,6-7H,1-2H2,(H,8,9);2,7H,1,4H2,(H,5,6);1,3H2,(H,4,5)/t3-,4+;;/m1../s1. The summed E-state index contributed by atoms with van der Waals surface area (Å²) in [5.74, 6) is -2.67. The lowest BCUT2D eigenvalue weighted by atomic mass is 10.2. The normalized spacial score (nSPS) is 21.1. The lowest BCUT2D eigenvalue weighted by Gasteiger charge is -1.99. The van der Waals surface area contributed by atoms with Gasteiger partial charge in [0.25, 0.3) is 0 Å². The number of carbonyl (C=O) groups is 3. The van der Waals surface area contributed by atoms with E-state index in [4.69, 9.17) is 26.2 Å². The van der Waals surface area contributed by atoms with E-state index >= 15 is 0 Å². The first kappa shape index (κ1) is 21.9. The summed E-state index contributed by atoms with van der Waals surface area (Å²) in [7, 11) is 0. The number of nitrogens with one attached hydrogen (secondary N) is 1. The maximum atomic E-state index is 10.2. The summed E-state index contributed by atoms with van der Waals surface area (Å²) >= 11 is 3.65. The minimum Gasteiger partial charge on any atom is -0.480 e. The Hall–Kier alpha value is -1.40. The molecular formula is C10H21N3O7S. The zero-order valence-electron chi connectivity index (χ0n) is 11.2. The molecule has 21 heavy (non-hydrogen) atoms. The quantitative estimate of drug-likeness (QED) is 0.249. The van der Waals surface area contributed by atoms with Crippen molar-refractivity contribution in [3.63, 3.8) is 0 Å². The molecule has 0 aromatic carbocycles. The molecule has 1 unspecified atom stereocenters. The lowest BCUT2D eigenvalue weighted by Crippen LogP contribution is -2.31. The van der Waals surface area contributed by atoms with Crippen LogP contribution in [0.25, 0.3) is 0 Å². The van der Waals surface area contributed by atoms with Crippen molar-refractivity contribution in [2.45, 2.75) is 24.6 Å². The third-order valence-corrected chi connectivity index (χ3v) is 2.49. The lowest BCUT2D eigenvalue weighted by molar-refractivity contribution is -0.139. The second-order valence-electron chi connectivity index (χ2n) is 3.91. The van der Waals surface area contributed by atoms with Gasteiger partial charge in [0.05, 0.1) is 12.6 Å². The number of hydrogen-bond acceptors (Lipinski definition) is 8. The van der Waals surface area contributed by atoms with E-state index in [1.54, 1.807) is 0 Å². The van der Waals surface area contributed by atoms with Crippen molar-refractivity contribution < 1.29 is 34.8 Å². The third-order valence-electron chi connectivity index (χ3n) is 2.09. The number of aliphatic hydroxyl groups is 1. The Bertz CT molecular complexity index is 343. The average molecular weight is 327 g/mol. The summed E-state index contributed by atoms with van der Waals surface area (Å²) < 4.78 is 0. The minimum absolute atomic E-state index is 0.190. The molecule has 0 spiro atoms. The summed E-state index contributed by atoms with van der Waals surface area (Å²) in [5, 5.41) is 35.4. The molecule has 0 amide bonds. The van der Waals surface area contributed by atoms with Gasteiger partial charge in [0.1, 0.15) is 12.1 Å². The van der Waals surface area contributed by atoms with E-state index in [0.29, 0.717) is 13.0 Å². The number of aliphatic carboxylic acids is 3. The summed E-state index contributed by atoms with van der Waals surface area (Å²) in [4.78, 5) is 29.2. The van der Waals surface area contributed by atoms with Crippen LogP contribution in [0.2, 0.25) is 0 Å². The molecule has 3 atom stereocenters. The number of thiol groups is 1. The predicted octanol–water partition coefficient (Wildman–Crippen LogP) is -2.85. The van der Waals surface area contributed by atoms with Gasteiger partial charge in [0.15, 0.2) is 0 Å². The van der Waals surface area contributed by atoms with Crippen LogP contribution in [0.1, 0.15) is 6.42 Å². The van der Waals surface area contributed by atoms with Crippen LogP contribution < -0.4 is 16.8 Å². The Labute approximate surface area is 126 Å². The molecule has 1 fully saturated rings. The van der Waals surface area contributed by atoms with Crippen molar-refractivity contribution in [1.29, 1.82) is 0 Å². The van der Waals surface area contributed by atoms with Crippen LogP contribution in [0, 0.1) is 0 Å². The first-order valence-corrected chi connectivity index (χ1v) is 6.44. The van der Waals surface area contributed by atoms with Gasteiger partial charge in [0.2, 0.25) is 0 Å². The fourth-order valence-corrected chi connectivity index (χ4v) is 1.14. The highest BCUT2D eigenvalue weighted by molar-refractivity contribution is 7.80. The monoisotopic (exact) mass is 327 g/mol. The molecule has 0 bridgehead atoms. The molecule has 1 rings (SSSR count). The molecule has 0 aliphatic carbocycles. The van der Waals surface area contributed by atoms with Crippen LogP contribution in [-0.4, -0.2) is 75.4 Å². The van der Waals surface area contributed by atoms with Gasteiger partial charge in [-0.15, -0.1) is 0 Å². The molecule has 1 heterocycles. The molecule has 1 aliphatic heterocycles. The highest BCUT2D eigenvalue weighted by atomic mass is 32.1. The van der Waals surface area contributed by atoms with Crippen LogP contribution in [0.5, 0.6) is 0 Å². The van der Waals surface area contributed by atoms with Crippen LogP contribution in [-0.2, 0) is 14.4 Å². The Morgan fingerprint density at radius 3 is 1.86 bits per heavy atom. The van der Waals surface area contributed by atoms with Gasteiger partial charge in [-0.1, -0.05) is 0 Å². The summed E-state index contributed by atoms with van der Waals surface area (Å²) in [6, 6.07) is -1.36. The Morgan fingerprint density at radius 1 is 1.29 bits per heavy atom. The summed E-state index contributed by atoms with van der Waals surface area (Å²) in [5.41, 5.74) is 9.51. The number of carboxylic acids is 3. The van der Waals surface area contributed by atoms with E-state index in [1.165, 1.54) is 0 Å². The van der Waals surface area contributed by atoms with Crippen molar-refractivity contribution in [3.05, 3.63) is 0 Å². The van der Waals surface area contributed by atoms with Gasteiger partial charge in [0, 0.05) is 18.7 Å². The summed E-state index contributed by atoms with van der Waals surface area (Å²) in [6.45, 7) is 0.122. The number of nitrogens with two attached hydrogens (primary N) is 2. The highest BCUT2D eigenvalue weighted by Gasteiger charge is 2.27. The van der Waals surface area contributed by atoms with E-state index < -0.39 is 36.1 Å². The number of carboxylic acid groups (broad SMARTS) is 3. The molecule has 1 aliphatic rings. The van der Waals surface area contributed by atoms with E-state index in [1.807, 2.05) is 0 Å². The van der Waals surface area contributed by atoms with E-state index in [2.05, 4.69) is 23.7 Å². The topological polar surface area (TPSA) is 196 Å². The van der Waals surface area contributed by atoms with Gasteiger partial charge in [-0.25, -0.2) is 0 Å². The molecule has 0 aromatic rings. The SMILES string of the molecule is NC(CS)C(=O)O.NCC(=O)O.O=C(O)[C@@H]1C[C@@H](O)CN1. The molecule has 1 saturated heterocycles. The van der Waals surface area contributed by atoms with Crippen molar-refractivity contribution in [3.8, 4) is 0 Å². The summed E-state index contributed by atoms with van der Waals surface area (Å²) in [6.07, 6.45) is -0.152. The second-order valence-corrected chi connectivity index (χ2v) is 4.28. The maximum absolute atomic E-state index is 10.2. The van der Waals surface area contributed by atoms with Gasteiger partial charge in [-0.2, -0.15) is 12.6 Å². The number of β-amino-alcohol motifs (C(OH)–C–C–N with tert-alkyl or cyclic N) is 1. The van der Waals surface area contributed by atoms with E-state index in [9.17, 15) is 14.4 Å². The number of rotatable bonds is 4. The largest absolute Gasteiger partial charge is 0.480 e. The average Bonchev–Trinajstić information content (AvgIpc) is 2.86. The first-order chi connectivity index (χ1) is 9.65. The zero-order valence-corrected chi connectivity index (χ0v) is 12.1. The van der Waals surface area contributed by atoms with Crippen molar-refractivity contribution >= 4 is 30.5 Å². The molecule has 0 saturated carbocycles. The molecule has 0 radical (unpaired) electrons. The van der Waals surface area contributed by atoms with Gasteiger partial charge < -0.3 is 37.2 Å². The molecule has 10 nitrogen and oxygen atoms in total. The molecule has 9 N–H and O–H groups in total. The van der Waals surface area contributed by atoms with Gasteiger partial charge in [-0.3, -0.25) is 14.4 Å². The third kappa shape index (κ3) is 13.3. The van der Waals surface area contributed by atoms with E-state index in [0.717, 1.165) is 0 Å². The molecule has 0 aromatic heterocycles. The zero-order chi connectivity index (χ0) is 17.0. The van der Waals surface area contributed by atoms with Gasteiger partial charge in [-0.05, 0) is 0 Å². The van der Waals surface area contributed by atoms with Crippen molar-refractivity contribution in [2.24, 2.45) is 11.5 Å². The van der Waals surface area contributed by atoms with Crippen molar-refractivity contribution in [1.82, 2.24) is 5.32 Å². The molecule has 11 heteroatoms. The van der Waals surface area contributed by atoms with Gasteiger partial charge >= 0.3 is 17.9 Å². The molecular weight excluding hydrogens is 306 g/mol. The molecule has 124 valence electrons. The smallest absolute Gasteiger partial charge is 0.321 e. The number of aliphatic hydroxyl groups excluding tert-OH is 1. The van der Waals surface area contributed by atoms with E-state index in [-0.39, 0.29) is 12.3 Å². The number of hydrogen-bond donors (Lipinski definition) is 8.